The van der Waals surface area contributed by atoms with Crippen LogP contribution in [0.4, 0.5) is 0 Å². The first-order chi connectivity index (χ1) is 10.4. The van der Waals surface area contributed by atoms with E-state index in [0.29, 0.717) is 0 Å². The van der Waals surface area contributed by atoms with Crippen LogP contribution in [0.25, 0.3) is 10.1 Å². The lowest BCUT2D eigenvalue weighted by Crippen LogP contribution is -2.16. The van der Waals surface area contributed by atoms with Gasteiger partial charge in [0.2, 0.25) is 0 Å². The monoisotopic (exact) mass is 298 g/mol. The van der Waals surface area contributed by atoms with E-state index in [0.717, 1.165) is 28.8 Å². The van der Waals surface area contributed by atoms with Crippen molar-refractivity contribution in [2.75, 3.05) is 13.6 Å². The molecule has 0 aliphatic heterocycles. The van der Waals surface area contributed by atoms with E-state index in [2.05, 4.69) is 46.0 Å². The van der Waals surface area contributed by atoms with E-state index >= 15 is 0 Å². The number of aromatic nitrogens is 1. The zero-order valence-corrected chi connectivity index (χ0v) is 12.8. The molecule has 0 saturated heterocycles. The van der Waals surface area contributed by atoms with Crippen LogP contribution in [-0.2, 0) is 0 Å². The third-order valence-electron chi connectivity index (χ3n) is 3.42. The maximum Gasteiger partial charge on any atom is 0.156 e. The molecule has 0 unspecified atom stereocenters. The molecular formula is C17H18N2OS. The molecule has 4 heteroatoms. The third-order valence-corrected chi connectivity index (χ3v) is 4.37. The molecule has 1 atom stereocenters. The lowest BCUT2D eigenvalue weighted by molar-refractivity contribution is 0.197. The Morgan fingerprint density at radius 3 is 2.86 bits per heavy atom. The summed E-state index contributed by atoms with van der Waals surface area (Å²) >= 11 is 1.69. The van der Waals surface area contributed by atoms with Crippen LogP contribution in [0.5, 0.6) is 5.75 Å². The van der Waals surface area contributed by atoms with Gasteiger partial charge in [0.15, 0.2) is 5.75 Å². The average Bonchev–Trinajstić information content (AvgIpc) is 3.01. The molecular weight excluding hydrogens is 280 g/mol. The summed E-state index contributed by atoms with van der Waals surface area (Å²) in [6.45, 7) is 0.910. The summed E-state index contributed by atoms with van der Waals surface area (Å²) in [7, 11) is 1.96. The van der Waals surface area contributed by atoms with Crippen LogP contribution in [0.1, 0.15) is 18.1 Å². The first-order valence-electron chi connectivity index (χ1n) is 7.06. The van der Waals surface area contributed by atoms with Gasteiger partial charge in [0, 0.05) is 18.0 Å². The quantitative estimate of drug-likeness (QED) is 0.746. The second-order valence-corrected chi connectivity index (χ2v) is 5.80. The highest BCUT2D eigenvalue weighted by atomic mass is 32.1. The summed E-state index contributed by atoms with van der Waals surface area (Å²) in [5, 5.41) is 6.40. The van der Waals surface area contributed by atoms with Crippen LogP contribution in [0, 0.1) is 0 Å². The second-order valence-electron chi connectivity index (χ2n) is 4.89. The molecule has 2 aromatic heterocycles. The van der Waals surface area contributed by atoms with Crippen molar-refractivity contribution in [2.45, 2.75) is 12.5 Å². The van der Waals surface area contributed by atoms with E-state index in [1.165, 1.54) is 5.56 Å². The smallest absolute Gasteiger partial charge is 0.156 e. The highest BCUT2D eigenvalue weighted by Gasteiger charge is 2.15. The van der Waals surface area contributed by atoms with Crippen LogP contribution in [0.3, 0.4) is 0 Å². The fourth-order valence-electron chi connectivity index (χ4n) is 2.34. The number of pyridine rings is 1. The van der Waals surface area contributed by atoms with Crippen molar-refractivity contribution in [1.29, 1.82) is 0 Å². The van der Waals surface area contributed by atoms with Crippen molar-refractivity contribution in [3.05, 3.63) is 59.7 Å². The Balaban J connectivity index is 1.89. The van der Waals surface area contributed by atoms with Gasteiger partial charge in [-0.05, 0) is 30.6 Å². The molecule has 3 aromatic rings. The summed E-state index contributed by atoms with van der Waals surface area (Å²) in [6, 6.07) is 12.4. The third kappa shape index (κ3) is 3.23. The fraction of sp³-hybridized carbons (Fsp3) is 0.235. The van der Waals surface area contributed by atoms with Gasteiger partial charge in [-0.3, -0.25) is 4.98 Å². The largest absolute Gasteiger partial charge is 0.483 e. The van der Waals surface area contributed by atoms with Crippen molar-refractivity contribution in [2.24, 2.45) is 0 Å². The van der Waals surface area contributed by atoms with E-state index < -0.39 is 0 Å². The van der Waals surface area contributed by atoms with E-state index in [4.69, 9.17) is 4.74 Å². The van der Waals surface area contributed by atoms with Gasteiger partial charge in [0.1, 0.15) is 6.10 Å². The molecule has 1 aromatic carbocycles. The molecule has 1 N–H and O–H groups in total. The molecule has 0 bridgehead atoms. The molecule has 0 aliphatic carbocycles. The van der Waals surface area contributed by atoms with Crippen LogP contribution in [-0.4, -0.2) is 18.6 Å². The Kier molecular flexibility index (Phi) is 4.48. The Bertz CT molecular complexity index is 696. The molecule has 2 heterocycles. The maximum absolute atomic E-state index is 6.28. The van der Waals surface area contributed by atoms with Gasteiger partial charge in [-0.1, -0.05) is 30.3 Å². The molecule has 0 fully saturated rings. The Labute approximate surface area is 128 Å². The molecule has 0 saturated carbocycles. The lowest BCUT2D eigenvalue weighted by atomic mass is 10.1. The van der Waals surface area contributed by atoms with Gasteiger partial charge >= 0.3 is 0 Å². The van der Waals surface area contributed by atoms with E-state index in [1.807, 2.05) is 25.5 Å². The van der Waals surface area contributed by atoms with Gasteiger partial charge in [0.05, 0.1) is 10.9 Å². The topological polar surface area (TPSA) is 34.1 Å². The highest BCUT2D eigenvalue weighted by molar-refractivity contribution is 7.17. The minimum atomic E-state index is 0.0353. The van der Waals surface area contributed by atoms with E-state index in [9.17, 15) is 0 Å². The first-order valence-corrected chi connectivity index (χ1v) is 7.94. The van der Waals surface area contributed by atoms with Gasteiger partial charge in [-0.25, -0.2) is 0 Å². The van der Waals surface area contributed by atoms with Crippen LogP contribution in [0.15, 0.2) is 54.2 Å². The predicted octanol–water partition coefficient (Wildman–Crippen LogP) is 4.03. The second kappa shape index (κ2) is 6.70. The standard InChI is InChI=1S/C17H18N2OS/c1-18-9-7-15(13-5-3-2-4-6-13)20-16-12-19-11-14-8-10-21-17(14)16/h2-6,8,10-12,15,18H,7,9H2,1H3/t15-/m1/s1. The minimum Gasteiger partial charge on any atom is -0.483 e. The molecule has 3 rings (SSSR count). The Morgan fingerprint density at radius 1 is 1.19 bits per heavy atom. The molecule has 108 valence electrons. The summed E-state index contributed by atoms with van der Waals surface area (Å²) in [4.78, 5) is 4.28. The number of rotatable bonds is 6. The van der Waals surface area contributed by atoms with Crippen LogP contribution in [0.2, 0.25) is 0 Å². The molecule has 3 nitrogen and oxygen atoms in total. The number of thiophene rings is 1. The molecule has 0 radical (unpaired) electrons. The summed E-state index contributed by atoms with van der Waals surface area (Å²) in [5.41, 5.74) is 1.20. The number of fused-ring (bicyclic) bond motifs is 1. The SMILES string of the molecule is CNCC[C@@H](Oc1cncc2ccsc12)c1ccccc1. The van der Waals surface area contributed by atoms with Crippen LogP contribution < -0.4 is 10.1 Å². The Hall–Kier alpha value is -1.91. The number of ether oxygens (including phenoxy) is 1. The zero-order chi connectivity index (χ0) is 14.5. The number of benzene rings is 1. The summed E-state index contributed by atoms with van der Waals surface area (Å²) in [5.74, 6) is 0.868. The minimum absolute atomic E-state index is 0.0353. The lowest BCUT2D eigenvalue weighted by Gasteiger charge is -2.19. The molecule has 0 aliphatic rings. The fourth-order valence-corrected chi connectivity index (χ4v) is 3.16. The average molecular weight is 298 g/mol. The number of hydrogen-bond acceptors (Lipinski definition) is 4. The highest BCUT2D eigenvalue weighted by Crippen LogP contribution is 2.33. The first kappa shape index (κ1) is 14.0. The maximum atomic E-state index is 6.28. The van der Waals surface area contributed by atoms with Gasteiger partial charge in [0.25, 0.3) is 0 Å². The summed E-state index contributed by atoms with van der Waals surface area (Å²) in [6.07, 6.45) is 4.65. The Morgan fingerprint density at radius 2 is 2.05 bits per heavy atom. The van der Waals surface area contributed by atoms with Crippen LogP contribution >= 0.6 is 11.3 Å². The number of hydrogen-bond donors (Lipinski definition) is 1. The predicted molar refractivity (Wildman–Crippen MR) is 88.0 cm³/mol. The van der Waals surface area contributed by atoms with Crippen molar-refractivity contribution in [3.63, 3.8) is 0 Å². The van der Waals surface area contributed by atoms with Crippen molar-refractivity contribution < 1.29 is 4.74 Å². The molecule has 0 spiro atoms. The van der Waals surface area contributed by atoms with Crippen molar-refractivity contribution in [1.82, 2.24) is 10.3 Å². The van der Waals surface area contributed by atoms with Gasteiger partial charge in [-0.2, -0.15) is 0 Å². The number of nitrogens with one attached hydrogen (secondary N) is 1. The molecule has 0 amide bonds. The van der Waals surface area contributed by atoms with Gasteiger partial charge in [-0.15, -0.1) is 11.3 Å². The summed E-state index contributed by atoms with van der Waals surface area (Å²) < 4.78 is 7.44. The van der Waals surface area contributed by atoms with E-state index in [-0.39, 0.29) is 6.10 Å². The van der Waals surface area contributed by atoms with Crippen molar-refractivity contribution >= 4 is 21.4 Å². The molecule has 21 heavy (non-hydrogen) atoms. The number of nitrogens with zero attached hydrogens (tertiary/aromatic N) is 1. The normalized spacial score (nSPS) is 12.4. The van der Waals surface area contributed by atoms with E-state index in [1.54, 1.807) is 11.3 Å². The van der Waals surface area contributed by atoms with Gasteiger partial charge < -0.3 is 10.1 Å². The zero-order valence-electron chi connectivity index (χ0n) is 12.0. The van der Waals surface area contributed by atoms with Crippen molar-refractivity contribution in [3.8, 4) is 5.75 Å².